The lowest BCUT2D eigenvalue weighted by atomic mass is 10.0. The van der Waals surface area contributed by atoms with Crippen molar-refractivity contribution < 1.29 is 14.3 Å². The van der Waals surface area contributed by atoms with Crippen LogP contribution in [0.4, 0.5) is 0 Å². The molecule has 1 heterocycles. The van der Waals surface area contributed by atoms with Crippen LogP contribution < -0.4 is 11.2 Å². The van der Waals surface area contributed by atoms with Gasteiger partial charge in [0.1, 0.15) is 12.9 Å². The van der Waals surface area contributed by atoms with Gasteiger partial charge in [0.2, 0.25) is 5.91 Å². The molecule has 0 radical (unpaired) electrons. The molecular formula is C19H18N4O3. The van der Waals surface area contributed by atoms with E-state index in [1.54, 1.807) is 30.5 Å². The summed E-state index contributed by atoms with van der Waals surface area (Å²) in [6, 6.07) is 16.5. The van der Waals surface area contributed by atoms with Gasteiger partial charge >= 0.3 is 0 Å². The summed E-state index contributed by atoms with van der Waals surface area (Å²) in [7, 11) is 0. The minimum absolute atomic E-state index is 0.107. The number of imidazole rings is 1. The van der Waals surface area contributed by atoms with Gasteiger partial charge in [0.25, 0.3) is 5.91 Å². The van der Waals surface area contributed by atoms with Crippen molar-refractivity contribution in [3.8, 4) is 11.3 Å². The fourth-order valence-corrected chi connectivity index (χ4v) is 2.51. The van der Waals surface area contributed by atoms with Crippen molar-refractivity contribution in [1.29, 1.82) is 0 Å². The normalized spacial score (nSPS) is 10.5. The number of nitrogens with two attached hydrogens (primary N) is 1. The summed E-state index contributed by atoms with van der Waals surface area (Å²) < 4.78 is 6.86. The van der Waals surface area contributed by atoms with E-state index < -0.39 is 5.91 Å². The van der Waals surface area contributed by atoms with E-state index in [0.29, 0.717) is 23.4 Å². The minimum atomic E-state index is -0.550. The molecule has 132 valence electrons. The van der Waals surface area contributed by atoms with Crippen molar-refractivity contribution in [3.63, 3.8) is 0 Å². The monoisotopic (exact) mass is 350 g/mol. The van der Waals surface area contributed by atoms with Crippen LogP contribution in [0.2, 0.25) is 0 Å². The molecule has 7 nitrogen and oxygen atoms in total. The summed E-state index contributed by atoms with van der Waals surface area (Å²) in [4.78, 5) is 27.8. The zero-order chi connectivity index (χ0) is 18.4. The molecule has 3 aromatic rings. The van der Waals surface area contributed by atoms with Crippen LogP contribution in [-0.4, -0.2) is 28.1 Å². The van der Waals surface area contributed by atoms with Gasteiger partial charge in [-0.1, -0.05) is 48.5 Å². The Labute approximate surface area is 150 Å². The van der Waals surface area contributed by atoms with Gasteiger partial charge in [0, 0.05) is 11.1 Å². The van der Waals surface area contributed by atoms with Crippen molar-refractivity contribution in [2.75, 3.05) is 12.0 Å². The van der Waals surface area contributed by atoms with Crippen LogP contribution in [0.3, 0.4) is 0 Å². The quantitative estimate of drug-likeness (QED) is 0.680. The zero-order valence-electron chi connectivity index (χ0n) is 14.0. The first-order valence-corrected chi connectivity index (χ1v) is 7.98. The third kappa shape index (κ3) is 4.14. The van der Waals surface area contributed by atoms with Crippen LogP contribution in [0.5, 0.6) is 0 Å². The first kappa shape index (κ1) is 17.4. The van der Waals surface area contributed by atoms with Crippen molar-refractivity contribution in [1.82, 2.24) is 9.66 Å². The topological polar surface area (TPSA) is 99.2 Å². The van der Waals surface area contributed by atoms with Crippen molar-refractivity contribution in [2.45, 2.75) is 6.61 Å². The highest BCUT2D eigenvalue weighted by Gasteiger charge is 2.14. The molecule has 2 amide bonds. The summed E-state index contributed by atoms with van der Waals surface area (Å²) in [5.74, 6) is -0.886. The number of carbonyl (C=O) groups is 2. The van der Waals surface area contributed by atoms with Gasteiger partial charge in [-0.2, -0.15) is 0 Å². The number of nitrogens with zero attached hydrogens (tertiary/aromatic N) is 2. The maximum atomic E-state index is 12.1. The Hall–Kier alpha value is -3.45. The molecule has 0 saturated carbocycles. The molecule has 3 rings (SSSR count). The molecule has 0 fully saturated rings. The molecule has 0 saturated heterocycles. The van der Waals surface area contributed by atoms with Crippen LogP contribution in [0.15, 0.2) is 67.1 Å². The largest absolute Gasteiger partial charge is 0.367 e. The van der Waals surface area contributed by atoms with Crippen LogP contribution in [-0.2, 0) is 16.1 Å². The Kier molecular flexibility index (Phi) is 5.40. The maximum absolute atomic E-state index is 12.1. The standard InChI is InChI=1S/C19H18N4O3/c20-19(25)16-9-5-4-8-15(16)17-10-21-13-23(17)22-18(24)12-26-11-14-6-2-1-3-7-14/h1-10,13H,11-12H2,(H2,20,25)(H,22,24). The average molecular weight is 350 g/mol. The summed E-state index contributed by atoms with van der Waals surface area (Å²) in [6.07, 6.45) is 3.00. The first-order valence-electron chi connectivity index (χ1n) is 7.98. The predicted octanol–water partition coefficient (Wildman–Crippen LogP) is 1.94. The number of benzene rings is 2. The number of amides is 2. The van der Waals surface area contributed by atoms with Gasteiger partial charge < -0.3 is 10.5 Å². The van der Waals surface area contributed by atoms with Crippen LogP contribution in [0.25, 0.3) is 11.3 Å². The van der Waals surface area contributed by atoms with Crippen molar-refractivity contribution >= 4 is 11.8 Å². The van der Waals surface area contributed by atoms with E-state index in [1.165, 1.54) is 11.0 Å². The number of carbonyl (C=O) groups excluding carboxylic acids is 2. The molecule has 2 aromatic carbocycles. The van der Waals surface area contributed by atoms with E-state index in [0.717, 1.165) is 5.56 Å². The number of hydrogen-bond donors (Lipinski definition) is 2. The van der Waals surface area contributed by atoms with Crippen LogP contribution in [0, 0.1) is 0 Å². The molecule has 0 aliphatic carbocycles. The maximum Gasteiger partial charge on any atom is 0.264 e. The molecule has 26 heavy (non-hydrogen) atoms. The highest BCUT2D eigenvalue weighted by Crippen LogP contribution is 2.22. The van der Waals surface area contributed by atoms with Gasteiger partial charge in [-0.3, -0.25) is 15.0 Å². The Balaban J connectivity index is 1.66. The molecule has 1 aromatic heterocycles. The molecule has 0 aliphatic heterocycles. The Bertz CT molecular complexity index is 906. The van der Waals surface area contributed by atoms with Gasteiger partial charge in [-0.15, -0.1) is 0 Å². The number of nitrogens with one attached hydrogen (secondary N) is 1. The Morgan fingerprint density at radius 2 is 1.81 bits per heavy atom. The molecular weight excluding hydrogens is 332 g/mol. The zero-order valence-corrected chi connectivity index (χ0v) is 14.0. The molecule has 0 atom stereocenters. The van der Waals surface area contributed by atoms with E-state index in [2.05, 4.69) is 10.4 Å². The molecule has 0 spiro atoms. The summed E-state index contributed by atoms with van der Waals surface area (Å²) >= 11 is 0. The fourth-order valence-electron chi connectivity index (χ4n) is 2.51. The lowest BCUT2D eigenvalue weighted by Crippen LogP contribution is -2.27. The Morgan fingerprint density at radius 1 is 1.08 bits per heavy atom. The molecule has 0 aliphatic rings. The number of rotatable bonds is 7. The van der Waals surface area contributed by atoms with Crippen molar-refractivity contribution in [2.24, 2.45) is 5.73 Å². The van der Waals surface area contributed by atoms with E-state index >= 15 is 0 Å². The number of aromatic nitrogens is 2. The second kappa shape index (κ2) is 8.09. The molecule has 3 N–H and O–H groups in total. The second-order valence-electron chi connectivity index (χ2n) is 5.57. The predicted molar refractivity (Wildman–Crippen MR) is 96.6 cm³/mol. The smallest absolute Gasteiger partial charge is 0.264 e. The highest BCUT2D eigenvalue weighted by atomic mass is 16.5. The molecule has 7 heteroatoms. The fraction of sp³-hybridized carbons (Fsp3) is 0.105. The molecule has 0 bridgehead atoms. The van der Waals surface area contributed by atoms with E-state index in [9.17, 15) is 9.59 Å². The minimum Gasteiger partial charge on any atom is -0.367 e. The lowest BCUT2D eigenvalue weighted by Gasteiger charge is -2.12. The average Bonchev–Trinajstić information content (AvgIpc) is 3.10. The van der Waals surface area contributed by atoms with Gasteiger partial charge in [0.05, 0.1) is 18.5 Å². The number of primary amides is 1. The third-order valence-electron chi connectivity index (χ3n) is 3.70. The van der Waals surface area contributed by atoms with E-state index in [-0.39, 0.29) is 12.5 Å². The van der Waals surface area contributed by atoms with Crippen LogP contribution >= 0.6 is 0 Å². The van der Waals surface area contributed by atoms with Crippen LogP contribution in [0.1, 0.15) is 15.9 Å². The van der Waals surface area contributed by atoms with E-state index in [1.807, 2.05) is 30.3 Å². The van der Waals surface area contributed by atoms with Gasteiger partial charge in [-0.05, 0) is 11.6 Å². The van der Waals surface area contributed by atoms with Gasteiger partial charge in [0.15, 0.2) is 0 Å². The molecule has 0 unspecified atom stereocenters. The van der Waals surface area contributed by atoms with Gasteiger partial charge in [-0.25, -0.2) is 9.66 Å². The lowest BCUT2D eigenvalue weighted by molar-refractivity contribution is -0.121. The number of ether oxygens (including phenoxy) is 1. The second-order valence-corrected chi connectivity index (χ2v) is 5.57. The third-order valence-corrected chi connectivity index (χ3v) is 3.70. The summed E-state index contributed by atoms with van der Waals surface area (Å²) in [5, 5.41) is 0. The summed E-state index contributed by atoms with van der Waals surface area (Å²) in [6.45, 7) is 0.236. The number of hydrogen-bond acceptors (Lipinski definition) is 4. The van der Waals surface area contributed by atoms with Crippen molar-refractivity contribution in [3.05, 3.63) is 78.2 Å². The van der Waals surface area contributed by atoms with E-state index in [4.69, 9.17) is 10.5 Å². The Morgan fingerprint density at radius 3 is 2.58 bits per heavy atom. The highest BCUT2D eigenvalue weighted by molar-refractivity contribution is 5.99. The SMILES string of the molecule is NC(=O)c1ccccc1-c1cncn1NC(=O)COCc1ccccc1. The summed E-state index contributed by atoms with van der Waals surface area (Å²) in [5.41, 5.74) is 10.6. The first-order chi connectivity index (χ1) is 12.6.